The van der Waals surface area contributed by atoms with Crippen LogP contribution >= 0.6 is 0 Å². The number of ether oxygens (including phenoxy) is 2. The van der Waals surface area contributed by atoms with Gasteiger partial charge >= 0.3 is 11.9 Å². The van der Waals surface area contributed by atoms with Gasteiger partial charge in [0.2, 0.25) is 11.2 Å². The molecule has 0 heterocycles. The summed E-state index contributed by atoms with van der Waals surface area (Å²) in [5.41, 5.74) is -3.76. The molecule has 0 rings (SSSR count). The molecule has 2 N–H and O–H groups in total. The normalized spacial score (nSPS) is 17.6. The first kappa shape index (κ1) is 18.1. The highest BCUT2D eigenvalue weighted by molar-refractivity contribution is 6.08. The van der Waals surface area contributed by atoms with Crippen LogP contribution in [0.4, 0.5) is 0 Å². The van der Waals surface area contributed by atoms with E-state index >= 15 is 0 Å². The lowest BCUT2D eigenvalue weighted by Gasteiger charge is -2.41. The van der Waals surface area contributed by atoms with E-state index in [9.17, 15) is 19.8 Å². The predicted molar refractivity (Wildman–Crippen MR) is 73.6 cm³/mol. The van der Waals surface area contributed by atoms with E-state index in [1.807, 2.05) is 0 Å². The molecule has 0 aromatic heterocycles. The van der Waals surface area contributed by atoms with E-state index in [1.54, 1.807) is 13.8 Å². The fraction of sp³-hybridized carbons (Fsp3) is 0.833. The number of carboxylic acid groups (broad SMARTS) is 2. The van der Waals surface area contributed by atoms with Crippen molar-refractivity contribution >= 4 is 22.2 Å². The third kappa shape index (κ3) is 3.55. The standard InChI is InChI=1S/C12H24O6Si/c1-4-17-11(3,9(13)14)12(10(15)16,18-5-2)7-6-8-19/h4-8H2,1-3,19H3,(H,13,14)(H,15,16). The minimum Gasteiger partial charge on any atom is -0.479 e. The highest BCUT2D eigenvalue weighted by Gasteiger charge is 2.60. The molecule has 0 aliphatic carbocycles. The molecule has 6 nitrogen and oxygen atoms in total. The SMILES string of the molecule is CCOC(C)(C(=O)O)C(CCC[SiH3])(OCC)C(=O)O. The average molecular weight is 292 g/mol. The Morgan fingerprint density at radius 2 is 1.63 bits per heavy atom. The van der Waals surface area contributed by atoms with E-state index in [0.717, 1.165) is 16.3 Å². The molecule has 112 valence electrons. The zero-order chi connectivity index (χ0) is 15.1. The van der Waals surface area contributed by atoms with E-state index in [-0.39, 0.29) is 19.6 Å². The molecule has 0 fully saturated rings. The molecular formula is C12H24O6Si. The molecule has 7 heteroatoms. The van der Waals surface area contributed by atoms with Gasteiger partial charge in [-0.25, -0.2) is 9.59 Å². The lowest BCUT2D eigenvalue weighted by molar-refractivity contribution is -0.226. The van der Waals surface area contributed by atoms with Crippen molar-refractivity contribution in [2.45, 2.75) is 50.9 Å². The zero-order valence-corrected chi connectivity index (χ0v) is 14.1. The molecule has 0 saturated carbocycles. The van der Waals surface area contributed by atoms with Gasteiger partial charge in [-0.3, -0.25) is 0 Å². The monoisotopic (exact) mass is 292 g/mol. The van der Waals surface area contributed by atoms with E-state index in [1.165, 1.54) is 6.92 Å². The molecule has 0 aromatic carbocycles. The van der Waals surface area contributed by atoms with Gasteiger partial charge in [0, 0.05) is 23.5 Å². The average Bonchev–Trinajstić information content (AvgIpc) is 2.33. The Bertz CT molecular complexity index is 321. The van der Waals surface area contributed by atoms with E-state index in [2.05, 4.69) is 0 Å². The van der Waals surface area contributed by atoms with Crippen molar-refractivity contribution in [3.05, 3.63) is 0 Å². The van der Waals surface area contributed by atoms with E-state index in [4.69, 9.17) is 9.47 Å². The number of aliphatic carboxylic acids is 2. The van der Waals surface area contributed by atoms with Crippen molar-refractivity contribution in [3.63, 3.8) is 0 Å². The first-order valence-electron chi connectivity index (χ1n) is 6.57. The van der Waals surface area contributed by atoms with Crippen molar-refractivity contribution in [1.82, 2.24) is 0 Å². The minimum absolute atomic E-state index is 0.103. The first-order valence-corrected chi connectivity index (χ1v) is 7.98. The maximum atomic E-state index is 11.7. The van der Waals surface area contributed by atoms with Gasteiger partial charge in [0.1, 0.15) is 0 Å². The summed E-state index contributed by atoms with van der Waals surface area (Å²) in [5.74, 6) is -2.61. The summed E-state index contributed by atoms with van der Waals surface area (Å²) in [4.78, 5) is 23.2. The highest BCUT2D eigenvalue weighted by Crippen LogP contribution is 2.35. The Hall–Kier alpha value is -0.923. The molecule has 0 aromatic rings. The number of carbonyl (C=O) groups is 2. The van der Waals surface area contributed by atoms with Crippen LogP contribution in [0.3, 0.4) is 0 Å². The van der Waals surface area contributed by atoms with Gasteiger partial charge in [0.05, 0.1) is 0 Å². The van der Waals surface area contributed by atoms with Crippen LogP contribution in [0.5, 0.6) is 0 Å². The minimum atomic E-state index is -1.90. The second-order valence-electron chi connectivity index (χ2n) is 4.44. The molecule has 2 atom stereocenters. The number of rotatable bonds is 10. The van der Waals surface area contributed by atoms with Gasteiger partial charge in [-0.05, 0) is 27.2 Å². The van der Waals surface area contributed by atoms with Crippen LogP contribution in [-0.2, 0) is 19.1 Å². The van der Waals surface area contributed by atoms with E-state index < -0.39 is 23.1 Å². The molecule has 0 amide bonds. The molecule has 0 spiro atoms. The van der Waals surface area contributed by atoms with Crippen molar-refractivity contribution in [2.24, 2.45) is 0 Å². The van der Waals surface area contributed by atoms with Gasteiger partial charge in [-0.2, -0.15) is 0 Å². The van der Waals surface area contributed by atoms with Gasteiger partial charge < -0.3 is 19.7 Å². The topological polar surface area (TPSA) is 93.1 Å². The third-order valence-electron chi connectivity index (χ3n) is 3.23. The summed E-state index contributed by atoms with van der Waals surface area (Å²) in [7, 11) is 0.931. The summed E-state index contributed by atoms with van der Waals surface area (Å²) in [6, 6.07) is 0.879. The lowest BCUT2D eigenvalue weighted by atomic mass is 9.80. The van der Waals surface area contributed by atoms with Crippen LogP contribution in [0.2, 0.25) is 6.04 Å². The number of carboxylic acids is 2. The third-order valence-corrected chi connectivity index (χ3v) is 3.94. The second kappa shape index (κ2) is 7.61. The van der Waals surface area contributed by atoms with Gasteiger partial charge in [0.25, 0.3) is 0 Å². The smallest absolute Gasteiger partial charge is 0.339 e. The molecule has 0 aliphatic heterocycles. The van der Waals surface area contributed by atoms with Crippen LogP contribution in [-0.4, -0.2) is 56.8 Å². The Morgan fingerprint density at radius 3 is 1.95 bits per heavy atom. The predicted octanol–water partition coefficient (Wildman–Crippen LogP) is 0.290. The van der Waals surface area contributed by atoms with Gasteiger partial charge in [0.15, 0.2) is 0 Å². The largest absolute Gasteiger partial charge is 0.479 e. The summed E-state index contributed by atoms with van der Waals surface area (Å²) < 4.78 is 10.7. The Kier molecular flexibility index (Phi) is 7.24. The van der Waals surface area contributed by atoms with Crippen LogP contribution in [0.15, 0.2) is 0 Å². The molecule has 19 heavy (non-hydrogen) atoms. The van der Waals surface area contributed by atoms with Crippen molar-refractivity contribution in [2.75, 3.05) is 13.2 Å². The second-order valence-corrected chi connectivity index (χ2v) is 5.44. The van der Waals surface area contributed by atoms with Crippen molar-refractivity contribution in [1.29, 1.82) is 0 Å². The summed E-state index contributed by atoms with van der Waals surface area (Å²) in [5, 5.41) is 19.0. The van der Waals surface area contributed by atoms with Crippen LogP contribution < -0.4 is 0 Å². The van der Waals surface area contributed by atoms with Gasteiger partial charge in [-0.1, -0.05) is 12.5 Å². The molecule has 0 saturated heterocycles. The molecular weight excluding hydrogens is 268 g/mol. The molecule has 0 aliphatic rings. The molecule has 0 radical (unpaired) electrons. The van der Waals surface area contributed by atoms with Crippen molar-refractivity contribution in [3.8, 4) is 0 Å². The van der Waals surface area contributed by atoms with Crippen molar-refractivity contribution < 1.29 is 29.3 Å². The Morgan fingerprint density at radius 1 is 1.11 bits per heavy atom. The molecule has 2 unspecified atom stereocenters. The zero-order valence-electron chi connectivity index (χ0n) is 12.1. The van der Waals surface area contributed by atoms with Crippen LogP contribution in [0.25, 0.3) is 0 Å². The van der Waals surface area contributed by atoms with Crippen LogP contribution in [0, 0.1) is 0 Å². The summed E-state index contributed by atoms with van der Waals surface area (Å²) in [6.45, 7) is 4.77. The fourth-order valence-corrected chi connectivity index (χ4v) is 2.49. The highest BCUT2D eigenvalue weighted by atomic mass is 28.1. The summed E-state index contributed by atoms with van der Waals surface area (Å²) in [6.07, 6.45) is 0.733. The lowest BCUT2D eigenvalue weighted by Crippen LogP contribution is -2.64. The van der Waals surface area contributed by atoms with Crippen LogP contribution in [0.1, 0.15) is 33.6 Å². The maximum Gasteiger partial charge on any atom is 0.339 e. The first-order chi connectivity index (χ1) is 8.82. The number of hydrogen-bond donors (Lipinski definition) is 2. The summed E-state index contributed by atoms with van der Waals surface area (Å²) >= 11 is 0. The quantitative estimate of drug-likeness (QED) is 0.562. The maximum absolute atomic E-state index is 11.7. The Labute approximate surface area is 116 Å². The van der Waals surface area contributed by atoms with E-state index in [0.29, 0.717) is 6.42 Å². The number of hydrogen-bond acceptors (Lipinski definition) is 4. The van der Waals surface area contributed by atoms with Gasteiger partial charge in [-0.15, -0.1) is 0 Å². The fourth-order valence-electron chi connectivity index (χ4n) is 2.13. The molecule has 0 bridgehead atoms. The Balaban J connectivity index is 5.72.